The van der Waals surface area contributed by atoms with Crippen LogP contribution in [0.3, 0.4) is 0 Å². The van der Waals surface area contributed by atoms with Gasteiger partial charge in [0.2, 0.25) is 5.91 Å². The Balaban J connectivity index is 1.94. The normalized spacial score (nSPS) is 15.7. The third kappa shape index (κ3) is 6.57. The third-order valence-electron chi connectivity index (χ3n) is 4.56. The molecule has 0 aromatic heterocycles. The number of thioether (sulfide) groups is 1. The second-order valence-electron chi connectivity index (χ2n) is 6.96. The van der Waals surface area contributed by atoms with E-state index in [-0.39, 0.29) is 23.6 Å². The predicted molar refractivity (Wildman–Crippen MR) is 106 cm³/mol. The summed E-state index contributed by atoms with van der Waals surface area (Å²) < 4.78 is 5.38. The molecule has 2 rings (SSSR count). The van der Waals surface area contributed by atoms with Crippen LogP contribution in [0.2, 0.25) is 0 Å². The van der Waals surface area contributed by atoms with Crippen molar-refractivity contribution in [3.8, 4) is 0 Å². The van der Waals surface area contributed by atoms with Gasteiger partial charge in [0, 0.05) is 25.0 Å². The van der Waals surface area contributed by atoms with E-state index in [0.717, 1.165) is 25.7 Å². The fourth-order valence-electron chi connectivity index (χ4n) is 2.87. The molecule has 0 heterocycles. The van der Waals surface area contributed by atoms with Crippen molar-refractivity contribution in [3.05, 3.63) is 29.8 Å². The van der Waals surface area contributed by atoms with Gasteiger partial charge in [-0.2, -0.15) is 0 Å². The molecule has 1 aromatic rings. The average molecular weight is 393 g/mol. The van der Waals surface area contributed by atoms with E-state index < -0.39 is 12.1 Å². The summed E-state index contributed by atoms with van der Waals surface area (Å²) in [6.07, 6.45) is 4.55. The Kier molecular flexibility index (Phi) is 8.16. The fourth-order valence-corrected chi connectivity index (χ4v) is 3.89. The molecule has 0 aliphatic heterocycles. The average Bonchev–Trinajstić information content (AvgIpc) is 2.66. The lowest BCUT2D eigenvalue weighted by atomic mass is 9.95. The molecule has 0 radical (unpaired) electrons. The van der Waals surface area contributed by atoms with Gasteiger partial charge in [0.15, 0.2) is 6.10 Å². The summed E-state index contributed by atoms with van der Waals surface area (Å²) >= 11 is 1.28. The molecular formula is C20H28N2O4S. The van der Waals surface area contributed by atoms with E-state index in [1.54, 1.807) is 45.3 Å². The van der Waals surface area contributed by atoms with Gasteiger partial charge in [-0.15, -0.1) is 11.8 Å². The van der Waals surface area contributed by atoms with Crippen LogP contribution >= 0.6 is 11.8 Å². The highest BCUT2D eigenvalue weighted by atomic mass is 32.2. The van der Waals surface area contributed by atoms with Crippen LogP contribution in [0.4, 0.5) is 0 Å². The SMILES string of the molecule is CC(OC(=O)c1ccccc1SCC(=O)N(C)C)C(=O)NC1CCCCC1. The molecule has 1 saturated carbocycles. The first-order valence-corrected chi connectivity index (χ1v) is 10.3. The van der Waals surface area contributed by atoms with Gasteiger partial charge in [-0.25, -0.2) is 4.79 Å². The lowest BCUT2D eigenvalue weighted by molar-refractivity contribution is -0.130. The molecule has 1 fully saturated rings. The zero-order chi connectivity index (χ0) is 19.8. The summed E-state index contributed by atoms with van der Waals surface area (Å²) in [5, 5.41) is 2.97. The molecule has 6 nitrogen and oxygen atoms in total. The number of benzene rings is 1. The van der Waals surface area contributed by atoms with Gasteiger partial charge in [-0.05, 0) is 31.9 Å². The predicted octanol–water partition coefficient (Wildman–Crippen LogP) is 2.86. The molecule has 0 bridgehead atoms. The number of hydrogen-bond acceptors (Lipinski definition) is 5. The van der Waals surface area contributed by atoms with Gasteiger partial charge in [0.05, 0.1) is 11.3 Å². The van der Waals surface area contributed by atoms with E-state index in [9.17, 15) is 14.4 Å². The molecule has 0 spiro atoms. The Labute approximate surface area is 165 Å². The Morgan fingerprint density at radius 1 is 1.19 bits per heavy atom. The molecule has 27 heavy (non-hydrogen) atoms. The van der Waals surface area contributed by atoms with Crippen molar-refractivity contribution in [1.29, 1.82) is 0 Å². The highest BCUT2D eigenvalue weighted by molar-refractivity contribution is 8.00. The van der Waals surface area contributed by atoms with Crippen LogP contribution < -0.4 is 5.32 Å². The summed E-state index contributed by atoms with van der Waals surface area (Å²) in [5.74, 6) is -0.622. The van der Waals surface area contributed by atoms with E-state index in [4.69, 9.17) is 4.74 Å². The van der Waals surface area contributed by atoms with Crippen LogP contribution in [0.1, 0.15) is 49.4 Å². The number of nitrogens with zero attached hydrogens (tertiary/aromatic N) is 1. The summed E-state index contributed by atoms with van der Waals surface area (Å²) in [6, 6.07) is 7.14. The Morgan fingerprint density at radius 2 is 1.85 bits per heavy atom. The van der Waals surface area contributed by atoms with Gasteiger partial charge in [0.1, 0.15) is 0 Å². The second-order valence-corrected chi connectivity index (χ2v) is 7.98. The summed E-state index contributed by atoms with van der Waals surface area (Å²) in [4.78, 5) is 38.8. The molecule has 1 aliphatic rings. The van der Waals surface area contributed by atoms with Crippen LogP contribution in [0, 0.1) is 0 Å². The minimum Gasteiger partial charge on any atom is -0.449 e. The zero-order valence-electron chi connectivity index (χ0n) is 16.2. The maximum absolute atomic E-state index is 12.5. The van der Waals surface area contributed by atoms with Gasteiger partial charge >= 0.3 is 5.97 Å². The summed E-state index contributed by atoms with van der Waals surface area (Å²) in [5.41, 5.74) is 0.367. The van der Waals surface area contributed by atoms with Crippen LogP contribution in [-0.2, 0) is 14.3 Å². The van der Waals surface area contributed by atoms with Gasteiger partial charge in [0.25, 0.3) is 5.91 Å². The standard InChI is InChI=1S/C20H28N2O4S/c1-14(19(24)21-15-9-5-4-6-10-15)26-20(25)16-11-7-8-12-17(16)27-13-18(23)22(2)3/h7-8,11-12,14-15H,4-6,9-10,13H2,1-3H3,(H,21,24). The third-order valence-corrected chi connectivity index (χ3v) is 5.62. The van der Waals surface area contributed by atoms with Crippen LogP contribution in [-0.4, -0.2) is 54.7 Å². The molecular weight excluding hydrogens is 364 g/mol. The number of rotatable bonds is 7. The molecule has 148 valence electrons. The lowest BCUT2D eigenvalue weighted by Gasteiger charge is -2.24. The first kappa shape index (κ1) is 21.3. The van der Waals surface area contributed by atoms with E-state index in [0.29, 0.717) is 10.5 Å². The van der Waals surface area contributed by atoms with E-state index >= 15 is 0 Å². The number of carbonyl (C=O) groups excluding carboxylic acids is 3. The quantitative estimate of drug-likeness (QED) is 0.570. The van der Waals surface area contributed by atoms with E-state index in [2.05, 4.69) is 5.32 Å². The number of hydrogen-bond donors (Lipinski definition) is 1. The molecule has 0 saturated heterocycles. The van der Waals surface area contributed by atoms with Crippen molar-refractivity contribution in [3.63, 3.8) is 0 Å². The number of ether oxygens (including phenoxy) is 1. The maximum Gasteiger partial charge on any atom is 0.340 e. The topological polar surface area (TPSA) is 75.7 Å². The van der Waals surface area contributed by atoms with E-state index in [1.807, 2.05) is 0 Å². The van der Waals surface area contributed by atoms with Crippen molar-refractivity contribution >= 4 is 29.5 Å². The largest absolute Gasteiger partial charge is 0.449 e. The summed E-state index contributed by atoms with van der Waals surface area (Å²) in [7, 11) is 3.38. The first-order valence-electron chi connectivity index (χ1n) is 9.32. The smallest absolute Gasteiger partial charge is 0.340 e. The Hall–Kier alpha value is -2.02. The number of esters is 1. The number of carbonyl (C=O) groups is 3. The number of nitrogens with one attached hydrogen (secondary N) is 1. The van der Waals surface area contributed by atoms with Crippen molar-refractivity contribution in [1.82, 2.24) is 10.2 Å². The van der Waals surface area contributed by atoms with Crippen LogP contribution in [0.25, 0.3) is 0 Å². The molecule has 2 amide bonds. The van der Waals surface area contributed by atoms with Gasteiger partial charge < -0.3 is 15.0 Å². The monoisotopic (exact) mass is 392 g/mol. The highest BCUT2D eigenvalue weighted by Gasteiger charge is 2.24. The molecule has 7 heteroatoms. The minimum absolute atomic E-state index is 0.0385. The molecule has 1 N–H and O–H groups in total. The van der Waals surface area contributed by atoms with Crippen molar-refractivity contribution in [2.24, 2.45) is 0 Å². The number of amides is 2. The Bertz CT molecular complexity index is 672. The van der Waals surface area contributed by atoms with Crippen LogP contribution in [0.5, 0.6) is 0 Å². The fraction of sp³-hybridized carbons (Fsp3) is 0.550. The van der Waals surface area contributed by atoms with E-state index in [1.165, 1.54) is 23.1 Å². The van der Waals surface area contributed by atoms with Gasteiger partial charge in [-0.1, -0.05) is 31.4 Å². The molecule has 1 aliphatic carbocycles. The van der Waals surface area contributed by atoms with Crippen molar-refractivity contribution in [2.45, 2.75) is 56.1 Å². The second kappa shape index (κ2) is 10.3. The first-order chi connectivity index (χ1) is 12.9. The minimum atomic E-state index is -0.860. The molecule has 1 aromatic carbocycles. The van der Waals surface area contributed by atoms with Crippen LogP contribution in [0.15, 0.2) is 29.2 Å². The zero-order valence-corrected chi connectivity index (χ0v) is 17.0. The maximum atomic E-state index is 12.5. The Morgan fingerprint density at radius 3 is 2.52 bits per heavy atom. The highest BCUT2D eigenvalue weighted by Crippen LogP contribution is 2.24. The summed E-state index contributed by atoms with van der Waals surface area (Å²) in [6.45, 7) is 1.58. The van der Waals surface area contributed by atoms with Crippen molar-refractivity contribution < 1.29 is 19.1 Å². The van der Waals surface area contributed by atoms with Gasteiger partial charge in [-0.3, -0.25) is 9.59 Å². The molecule has 1 atom stereocenters. The molecule has 1 unspecified atom stereocenters. The lowest BCUT2D eigenvalue weighted by Crippen LogP contribution is -2.42. The van der Waals surface area contributed by atoms with Crippen molar-refractivity contribution in [2.75, 3.05) is 19.8 Å².